The van der Waals surface area contributed by atoms with Crippen LogP contribution in [-0.2, 0) is 6.54 Å². The zero-order valence-corrected chi connectivity index (χ0v) is 9.26. The molecule has 2 saturated heterocycles. The number of aryl methyl sites for hydroxylation is 1. The summed E-state index contributed by atoms with van der Waals surface area (Å²) >= 11 is 1.88. The second kappa shape index (κ2) is 3.05. The maximum atomic E-state index is 6.05. The Morgan fingerprint density at radius 1 is 1.64 bits per heavy atom. The van der Waals surface area contributed by atoms with E-state index in [1.54, 1.807) is 0 Å². The Kier molecular flexibility index (Phi) is 1.94. The summed E-state index contributed by atoms with van der Waals surface area (Å²) in [5.41, 5.74) is 7.48. The molecule has 1 aromatic rings. The van der Waals surface area contributed by atoms with Crippen molar-refractivity contribution in [3.63, 3.8) is 0 Å². The second-order valence-electron chi connectivity index (χ2n) is 4.60. The van der Waals surface area contributed by atoms with Crippen molar-refractivity contribution in [2.24, 2.45) is 11.7 Å². The van der Waals surface area contributed by atoms with Crippen molar-refractivity contribution in [2.75, 3.05) is 6.54 Å². The monoisotopic (exact) mass is 208 g/mol. The molecule has 0 amide bonds. The van der Waals surface area contributed by atoms with E-state index in [0.29, 0.717) is 12.1 Å². The molecular formula is C11H16N2S. The molecule has 2 N–H and O–H groups in total. The van der Waals surface area contributed by atoms with Crippen molar-refractivity contribution in [3.8, 4) is 0 Å². The molecule has 0 radical (unpaired) electrons. The highest BCUT2D eigenvalue weighted by atomic mass is 32.1. The highest BCUT2D eigenvalue weighted by Gasteiger charge is 2.49. The summed E-state index contributed by atoms with van der Waals surface area (Å²) in [4.78, 5) is 4.08. The standard InChI is InChI=1S/C11H16N2S/c1-7-2-3-14-10(7)6-13-5-8-4-9(13)11(8)12/h2-3,8-9,11H,4-6,12H2,1H3. The zero-order chi connectivity index (χ0) is 9.71. The van der Waals surface area contributed by atoms with Crippen LogP contribution >= 0.6 is 11.3 Å². The molecule has 0 spiro atoms. The fraction of sp³-hybridized carbons (Fsp3) is 0.636. The molecular weight excluding hydrogens is 192 g/mol. The van der Waals surface area contributed by atoms with E-state index in [1.807, 2.05) is 11.3 Å². The molecule has 1 aliphatic carbocycles. The minimum absolute atomic E-state index is 0.468. The van der Waals surface area contributed by atoms with Crippen molar-refractivity contribution >= 4 is 11.3 Å². The van der Waals surface area contributed by atoms with Crippen LogP contribution in [0.5, 0.6) is 0 Å². The van der Waals surface area contributed by atoms with Gasteiger partial charge in [0.1, 0.15) is 0 Å². The van der Waals surface area contributed by atoms with E-state index >= 15 is 0 Å². The summed E-state index contributed by atoms with van der Waals surface area (Å²) in [6.07, 6.45) is 1.34. The van der Waals surface area contributed by atoms with Gasteiger partial charge in [-0.25, -0.2) is 0 Å². The predicted octanol–water partition coefficient (Wildman–Crippen LogP) is 1.59. The van der Waals surface area contributed by atoms with Crippen LogP contribution in [0.1, 0.15) is 16.9 Å². The lowest BCUT2D eigenvalue weighted by Gasteiger charge is -2.33. The fourth-order valence-corrected chi connectivity index (χ4v) is 3.63. The molecule has 3 aliphatic rings. The van der Waals surface area contributed by atoms with Crippen LogP contribution in [-0.4, -0.2) is 23.5 Å². The van der Waals surface area contributed by atoms with Crippen LogP contribution in [0.25, 0.3) is 0 Å². The fourth-order valence-electron chi connectivity index (χ4n) is 2.70. The lowest BCUT2D eigenvalue weighted by atomic mass is 9.81. The lowest BCUT2D eigenvalue weighted by Crippen LogP contribution is -2.49. The third-order valence-electron chi connectivity index (χ3n) is 3.79. The topological polar surface area (TPSA) is 29.3 Å². The molecule has 0 aromatic carbocycles. The van der Waals surface area contributed by atoms with Gasteiger partial charge in [0, 0.05) is 30.1 Å². The molecule has 1 saturated carbocycles. The van der Waals surface area contributed by atoms with E-state index in [2.05, 4.69) is 23.3 Å². The van der Waals surface area contributed by atoms with Crippen molar-refractivity contribution in [1.29, 1.82) is 0 Å². The summed E-state index contributed by atoms with van der Waals surface area (Å²) in [6.45, 7) is 4.55. The van der Waals surface area contributed by atoms with Gasteiger partial charge >= 0.3 is 0 Å². The van der Waals surface area contributed by atoms with Gasteiger partial charge in [-0.1, -0.05) is 0 Å². The number of nitrogens with zero attached hydrogens (tertiary/aromatic N) is 1. The predicted molar refractivity (Wildman–Crippen MR) is 59.3 cm³/mol. The number of fused-ring (bicyclic) bond motifs is 1. The Bertz CT molecular complexity index is 347. The molecule has 3 fully saturated rings. The Labute approximate surface area is 88.7 Å². The first kappa shape index (κ1) is 8.89. The Hall–Kier alpha value is -0.380. The quantitative estimate of drug-likeness (QED) is 0.799. The van der Waals surface area contributed by atoms with Gasteiger partial charge < -0.3 is 5.73 Å². The minimum atomic E-state index is 0.468. The van der Waals surface area contributed by atoms with Gasteiger partial charge in [0.15, 0.2) is 0 Å². The molecule has 1 aromatic heterocycles. The molecule has 4 rings (SSSR count). The summed E-state index contributed by atoms with van der Waals surface area (Å²) in [7, 11) is 0. The summed E-state index contributed by atoms with van der Waals surface area (Å²) in [6, 6.07) is 3.36. The van der Waals surface area contributed by atoms with E-state index in [4.69, 9.17) is 5.73 Å². The van der Waals surface area contributed by atoms with Crippen LogP contribution in [0.3, 0.4) is 0 Å². The van der Waals surface area contributed by atoms with Crippen LogP contribution in [0.4, 0.5) is 0 Å². The molecule has 76 valence electrons. The first-order valence-electron chi connectivity index (χ1n) is 5.28. The first-order chi connectivity index (χ1) is 6.75. The van der Waals surface area contributed by atoms with E-state index in [9.17, 15) is 0 Å². The number of nitrogens with two attached hydrogens (primary N) is 1. The molecule has 2 aliphatic heterocycles. The van der Waals surface area contributed by atoms with Crippen molar-refractivity contribution in [3.05, 3.63) is 21.9 Å². The van der Waals surface area contributed by atoms with Crippen LogP contribution in [0.15, 0.2) is 11.4 Å². The summed E-state index contributed by atoms with van der Waals surface area (Å²) in [5.74, 6) is 0.792. The van der Waals surface area contributed by atoms with E-state index in [1.165, 1.54) is 23.4 Å². The molecule has 2 nitrogen and oxygen atoms in total. The highest BCUT2D eigenvalue weighted by molar-refractivity contribution is 7.10. The Balaban J connectivity index is 1.72. The van der Waals surface area contributed by atoms with Gasteiger partial charge in [-0.15, -0.1) is 11.3 Å². The van der Waals surface area contributed by atoms with Gasteiger partial charge in [-0.3, -0.25) is 4.90 Å². The van der Waals surface area contributed by atoms with Gasteiger partial charge in [0.25, 0.3) is 0 Å². The molecule has 3 heteroatoms. The summed E-state index contributed by atoms with van der Waals surface area (Å²) in [5, 5.41) is 2.19. The molecule has 3 atom stereocenters. The van der Waals surface area contributed by atoms with Crippen LogP contribution in [0, 0.1) is 12.8 Å². The van der Waals surface area contributed by atoms with Crippen molar-refractivity contribution < 1.29 is 0 Å². The van der Waals surface area contributed by atoms with Gasteiger partial charge in [0.2, 0.25) is 0 Å². The Morgan fingerprint density at radius 3 is 3.00 bits per heavy atom. The molecule has 3 unspecified atom stereocenters. The Morgan fingerprint density at radius 2 is 2.50 bits per heavy atom. The minimum Gasteiger partial charge on any atom is -0.326 e. The smallest absolute Gasteiger partial charge is 0.0334 e. The molecule has 3 heterocycles. The molecule has 2 bridgehead atoms. The second-order valence-corrected chi connectivity index (χ2v) is 5.60. The highest BCUT2D eigenvalue weighted by Crippen LogP contribution is 2.40. The number of rotatable bonds is 2. The lowest BCUT2D eigenvalue weighted by molar-refractivity contribution is 0.209. The number of hydrogen-bond acceptors (Lipinski definition) is 3. The van der Waals surface area contributed by atoms with Crippen molar-refractivity contribution in [1.82, 2.24) is 4.90 Å². The third kappa shape index (κ3) is 1.16. The third-order valence-corrected chi connectivity index (χ3v) is 4.79. The van der Waals surface area contributed by atoms with E-state index < -0.39 is 0 Å². The van der Waals surface area contributed by atoms with Crippen LogP contribution in [0.2, 0.25) is 0 Å². The normalized spacial score (nSPS) is 36.0. The van der Waals surface area contributed by atoms with Gasteiger partial charge in [-0.05, 0) is 36.3 Å². The average Bonchev–Trinajstić information content (AvgIpc) is 2.81. The van der Waals surface area contributed by atoms with E-state index in [0.717, 1.165) is 12.5 Å². The maximum absolute atomic E-state index is 6.05. The van der Waals surface area contributed by atoms with Gasteiger partial charge in [0.05, 0.1) is 0 Å². The van der Waals surface area contributed by atoms with Crippen LogP contribution < -0.4 is 5.73 Å². The zero-order valence-electron chi connectivity index (χ0n) is 8.44. The first-order valence-corrected chi connectivity index (χ1v) is 6.16. The summed E-state index contributed by atoms with van der Waals surface area (Å²) < 4.78 is 0. The van der Waals surface area contributed by atoms with Crippen molar-refractivity contribution in [2.45, 2.75) is 32.0 Å². The average molecular weight is 208 g/mol. The maximum Gasteiger partial charge on any atom is 0.0334 e. The molecule has 14 heavy (non-hydrogen) atoms. The number of thiophene rings is 1. The van der Waals surface area contributed by atoms with Gasteiger partial charge in [-0.2, -0.15) is 0 Å². The number of hydrogen-bond donors (Lipinski definition) is 1. The van der Waals surface area contributed by atoms with E-state index in [-0.39, 0.29) is 0 Å². The SMILES string of the molecule is Cc1ccsc1CN1CC2CC1C2N. The largest absolute Gasteiger partial charge is 0.326 e.